The van der Waals surface area contributed by atoms with Crippen molar-refractivity contribution in [3.63, 3.8) is 0 Å². The van der Waals surface area contributed by atoms with Crippen molar-refractivity contribution in [2.24, 2.45) is 11.8 Å². The standard InChI is InChI=1S/C21H24N4O3/c1-3-4-10-24-19(22-13(2)26)17-11-15-16(12-18(17)23-24)21(28)25(20(15)27)14-8-6-5-7-9-14/h5-9,15-16H,3-4,10-12H2,1-2H3,(H,22,26). The molecule has 3 amide bonds. The summed E-state index contributed by atoms with van der Waals surface area (Å²) in [6, 6.07) is 9.05. The predicted octanol–water partition coefficient (Wildman–Crippen LogP) is 2.55. The quantitative estimate of drug-likeness (QED) is 0.808. The highest BCUT2D eigenvalue weighted by Crippen LogP contribution is 2.41. The molecule has 2 unspecified atom stereocenters. The molecule has 1 saturated heterocycles. The van der Waals surface area contributed by atoms with Gasteiger partial charge in [-0.3, -0.25) is 19.3 Å². The molecule has 7 nitrogen and oxygen atoms in total. The Hall–Kier alpha value is -2.96. The van der Waals surface area contributed by atoms with Gasteiger partial charge in [-0.1, -0.05) is 31.5 Å². The van der Waals surface area contributed by atoms with E-state index < -0.39 is 5.92 Å². The van der Waals surface area contributed by atoms with Crippen molar-refractivity contribution < 1.29 is 14.4 Å². The highest BCUT2D eigenvalue weighted by molar-refractivity contribution is 6.22. The zero-order valence-electron chi connectivity index (χ0n) is 16.1. The van der Waals surface area contributed by atoms with Crippen LogP contribution in [0.5, 0.6) is 0 Å². The molecular formula is C21H24N4O3. The van der Waals surface area contributed by atoms with Gasteiger partial charge < -0.3 is 5.32 Å². The Labute approximate surface area is 163 Å². The Balaban J connectivity index is 1.68. The van der Waals surface area contributed by atoms with Gasteiger partial charge in [-0.05, 0) is 25.0 Å². The van der Waals surface area contributed by atoms with Gasteiger partial charge in [0, 0.05) is 25.5 Å². The lowest BCUT2D eigenvalue weighted by Crippen LogP contribution is -2.31. The number of aromatic nitrogens is 2. The second kappa shape index (κ2) is 7.22. The Kier molecular flexibility index (Phi) is 4.75. The average molecular weight is 380 g/mol. The minimum absolute atomic E-state index is 0.156. The molecule has 1 aliphatic heterocycles. The third-order valence-electron chi connectivity index (χ3n) is 5.56. The minimum atomic E-state index is -0.406. The number of carbonyl (C=O) groups excluding carboxylic acids is 3. The number of imide groups is 1. The van der Waals surface area contributed by atoms with Crippen LogP contribution in [-0.4, -0.2) is 27.5 Å². The fraction of sp³-hybridized carbons (Fsp3) is 0.429. The van der Waals surface area contributed by atoms with Gasteiger partial charge in [-0.2, -0.15) is 5.10 Å². The Morgan fingerprint density at radius 2 is 1.82 bits per heavy atom. The first-order valence-corrected chi connectivity index (χ1v) is 9.80. The van der Waals surface area contributed by atoms with Crippen LogP contribution in [0.25, 0.3) is 0 Å². The summed E-state index contributed by atoms with van der Waals surface area (Å²) >= 11 is 0. The predicted molar refractivity (Wildman–Crippen MR) is 105 cm³/mol. The maximum absolute atomic E-state index is 13.1. The van der Waals surface area contributed by atoms with Crippen molar-refractivity contribution in [1.29, 1.82) is 0 Å². The molecule has 7 heteroatoms. The molecule has 4 rings (SSSR count). The second-order valence-corrected chi connectivity index (χ2v) is 7.50. The van der Waals surface area contributed by atoms with E-state index in [-0.39, 0.29) is 23.6 Å². The van der Waals surface area contributed by atoms with Gasteiger partial charge in [0.2, 0.25) is 17.7 Å². The summed E-state index contributed by atoms with van der Waals surface area (Å²) in [4.78, 5) is 39.1. The van der Waals surface area contributed by atoms with Gasteiger partial charge in [0.05, 0.1) is 23.2 Å². The molecule has 0 spiro atoms. The van der Waals surface area contributed by atoms with Crippen molar-refractivity contribution in [1.82, 2.24) is 9.78 Å². The van der Waals surface area contributed by atoms with E-state index in [2.05, 4.69) is 17.3 Å². The topological polar surface area (TPSA) is 84.3 Å². The Morgan fingerprint density at radius 1 is 1.14 bits per heavy atom. The first-order chi connectivity index (χ1) is 13.5. The van der Waals surface area contributed by atoms with E-state index in [0.717, 1.165) is 24.1 Å². The average Bonchev–Trinajstić information content (AvgIpc) is 3.13. The summed E-state index contributed by atoms with van der Waals surface area (Å²) in [6.45, 7) is 4.27. The number of rotatable bonds is 5. The molecule has 2 aromatic rings. The van der Waals surface area contributed by atoms with Crippen LogP contribution in [-0.2, 0) is 33.8 Å². The fourth-order valence-electron chi connectivity index (χ4n) is 4.21. The van der Waals surface area contributed by atoms with Gasteiger partial charge >= 0.3 is 0 Å². The third-order valence-corrected chi connectivity index (χ3v) is 5.56. The molecule has 0 bridgehead atoms. The Bertz CT molecular complexity index is 935. The van der Waals surface area contributed by atoms with Gasteiger partial charge in [-0.25, -0.2) is 4.68 Å². The summed E-state index contributed by atoms with van der Waals surface area (Å²) in [5.41, 5.74) is 2.32. The molecule has 1 N–H and O–H groups in total. The van der Waals surface area contributed by atoms with Crippen LogP contribution < -0.4 is 10.2 Å². The van der Waals surface area contributed by atoms with E-state index in [0.29, 0.717) is 30.9 Å². The number of para-hydroxylation sites is 1. The van der Waals surface area contributed by atoms with E-state index in [9.17, 15) is 14.4 Å². The minimum Gasteiger partial charge on any atom is -0.311 e. The van der Waals surface area contributed by atoms with Crippen LogP contribution in [0.15, 0.2) is 30.3 Å². The number of aryl methyl sites for hydroxylation is 1. The number of anilines is 2. The molecule has 0 radical (unpaired) electrons. The number of fused-ring (bicyclic) bond motifs is 2. The van der Waals surface area contributed by atoms with Crippen LogP contribution in [0, 0.1) is 11.8 Å². The normalized spacial score (nSPS) is 20.9. The molecule has 1 aromatic carbocycles. The van der Waals surface area contributed by atoms with Crippen LogP contribution in [0.4, 0.5) is 11.5 Å². The van der Waals surface area contributed by atoms with Crippen LogP contribution >= 0.6 is 0 Å². The van der Waals surface area contributed by atoms with Crippen LogP contribution in [0.2, 0.25) is 0 Å². The van der Waals surface area contributed by atoms with E-state index in [1.165, 1.54) is 11.8 Å². The number of nitrogens with zero attached hydrogens (tertiary/aromatic N) is 3. The van der Waals surface area contributed by atoms with Crippen molar-refractivity contribution in [2.75, 3.05) is 10.2 Å². The second-order valence-electron chi connectivity index (χ2n) is 7.50. The molecule has 28 heavy (non-hydrogen) atoms. The number of hydrogen-bond acceptors (Lipinski definition) is 4. The van der Waals surface area contributed by atoms with Gasteiger partial charge in [0.15, 0.2) is 0 Å². The summed E-state index contributed by atoms with van der Waals surface area (Å²) < 4.78 is 1.82. The number of unbranched alkanes of at least 4 members (excludes halogenated alkanes) is 1. The van der Waals surface area contributed by atoms with E-state index in [4.69, 9.17) is 0 Å². The lowest BCUT2D eigenvalue weighted by Gasteiger charge is -2.21. The smallest absolute Gasteiger partial charge is 0.238 e. The maximum Gasteiger partial charge on any atom is 0.238 e. The molecule has 146 valence electrons. The molecular weight excluding hydrogens is 356 g/mol. The lowest BCUT2D eigenvalue weighted by molar-refractivity contribution is -0.122. The number of nitrogens with one attached hydrogen (secondary N) is 1. The van der Waals surface area contributed by atoms with Gasteiger partial charge in [0.25, 0.3) is 0 Å². The molecule has 1 aromatic heterocycles. The fourth-order valence-corrected chi connectivity index (χ4v) is 4.21. The highest BCUT2D eigenvalue weighted by Gasteiger charge is 2.51. The summed E-state index contributed by atoms with van der Waals surface area (Å²) in [7, 11) is 0. The van der Waals surface area contributed by atoms with E-state index in [1.807, 2.05) is 22.9 Å². The number of amides is 3. The molecule has 1 aliphatic carbocycles. The Morgan fingerprint density at radius 3 is 2.46 bits per heavy atom. The van der Waals surface area contributed by atoms with Gasteiger partial charge in [-0.15, -0.1) is 0 Å². The third kappa shape index (κ3) is 3.00. The van der Waals surface area contributed by atoms with Crippen LogP contribution in [0.3, 0.4) is 0 Å². The molecule has 0 saturated carbocycles. The van der Waals surface area contributed by atoms with Crippen LogP contribution in [0.1, 0.15) is 37.9 Å². The monoisotopic (exact) mass is 380 g/mol. The van der Waals surface area contributed by atoms with Crippen molar-refractivity contribution in [3.05, 3.63) is 41.6 Å². The van der Waals surface area contributed by atoms with E-state index >= 15 is 0 Å². The number of hydrogen-bond donors (Lipinski definition) is 1. The summed E-state index contributed by atoms with van der Waals surface area (Å²) in [5, 5.41) is 7.57. The lowest BCUT2D eigenvalue weighted by atomic mass is 9.80. The largest absolute Gasteiger partial charge is 0.311 e. The van der Waals surface area contributed by atoms with Crippen molar-refractivity contribution >= 4 is 29.2 Å². The van der Waals surface area contributed by atoms with Crippen molar-refractivity contribution in [3.8, 4) is 0 Å². The molecule has 2 heterocycles. The summed E-state index contributed by atoms with van der Waals surface area (Å²) in [6.07, 6.45) is 2.81. The number of benzene rings is 1. The number of carbonyl (C=O) groups is 3. The van der Waals surface area contributed by atoms with Crippen molar-refractivity contribution in [2.45, 2.75) is 46.1 Å². The molecule has 1 fully saturated rings. The molecule has 2 aliphatic rings. The maximum atomic E-state index is 13.1. The molecule has 2 atom stereocenters. The zero-order valence-corrected chi connectivity index (χ0v) is 16.1. The van der Waals surface area contributed by atoms with E-state index in [1.54, 1.807) is 12.1 Å². The first kappa shape index (κ1) is 18.4. The van der Waals surface area contributed by atoms with Gasteiger partial charge in [0.1, 0.15) is 5.82 Å². The highest BCUT2D eigenvalue weighted by atomic mass is 16.2. The zero-order chi connectivity index (χ0) is 19.8. The first-order valence-electron chi connectivity index (χ1n) is 9.80. The SMILES string of the molecule is CCCCn1nc2c(c1NC(C)=O)CC1C(=O)N(c3ccccc3)C(=O)C1C2. The summed E-state index contributed by atoms with van der Waals surface area (Å²) in [5.74, 6) is -0.607.